The van der Waals surface area contributed by atoms with Gasteiger partial charge in [0, 0.05) is 33.8 Å². The van der Waals surface area contributed by atoms with Crippen LogP contribution in [0, 0.1) is 0 Å². The molecule has 8 nitrogen and oxygen atoms in total. The van der Waals surface area contributed by atoms with Gasteiger partial charge in [-0.1, -0.05) is 30.3 Å². The van der Waals surface area contributed by atoms with Crippen LogP contribution in [0.25, 0.3) is 27.8 Å². The monoisotopic (exact) mass is 450 g/mol. The Labute approximate surface area is 195 Å². The van der Waals surface area contributed by atoms with E-state index in [1.165, 1.54) is 0 Å². The lowest BCUT2D eigenvalue weighted by Crippen LogP contribution is -2.23. The molecule has 0 aliphatic heterocycles. The second kappa shape index (κ2) is 8.15. The summed E-state index contributed by atoms with van der Waals surface area (Å²) in [7, 11) is 1.64. The van der Waals surface area contributed by atoms with E-state index >= 15 is 0 Å². The zero-order valence-electron chi connectivity index (χ0n) is 18.5. The molecule has 8 heteroatoms. The van der Waals surface area contributed by atoms with E-state index < -0.39 is 0 Å². The Morgan fingerprint density at radius 1 is 1.00 bits per heavy atom. The van der Waals surface area contributed by atoms with Crippen molar-refractivity contribution in [1.29, 1.82) is 0 Å². The Hall–Kier alpha value is -4.46. The Bertz CT molecular complexity index is 1510. The van der Waals surface area contributed by atoms with Crippen LogP contribution in [0.2, 0.25) is 0 Å². The fourth-order valence-electron chi connectivity index (χ4n) is 4.18. The first-order valence-electron chi connectivity index (χ1n) is 11.1. The molecule has 1 amide bonds. The van der Waals surface area contributed by atoms with Gasteiger partial charge >= 0.3 is 0 Å². The first kappa shape index (κ1) is 20.2. The number of nitrogens with zero attached hydrogens (tertiary/aromatic N) is 5. The minimum Gasteiger partial charge on any atom is -0.497 e. The number of carbonyl (C=O) groups is 1. The first-order valence-corrected chi connectivity index (χ1v) is 11.1. The molecule has 1 N–H and O–H groups in total. The highest BCUT2D eigenvalue weighted by Gasteiger charge is 2.29. The van der Waals surface area contributed by atoms with Gasteiger partial charge in [-0.25, -0.2) is 0 Å². The molecular formula is C26H22N6O2. The molecule has 0 spiro atoms. The molecule has 0 unspecified atom stereocenters. The van der Waals surface area contributed by atoms with Crippen molar-refractivity contribution in [2.24, 2.45) is 0 Å². The van der Waals surface area contributed by atoms with Crippen molar-refractivity contribution < 1.29 is 9.53 Å². The van der Waals surface area contributed by atoms with Gasteiger partial charge in [0.25, 0.3) is 0 Å². The molecule has 1 saturated carbocycles. The fourth-order valence-corrected chi connectivity index (χ4v) is 4.18. The van der Waals surface area contributed by atoms with Gasteiger partial charge in [-0.3, -0.25) is 4.79 Å². The molecule has 1 fully saturated rings. The Kier molecular flexibility index (Phi) is 4.83. The number of anilines is 3. The van der Waals surface area contributed by atoms with Gasteiger partial charge in [-0.15, -0.1) is 15.3 Å². The maximum Gasteiger partial charge on any atom is 0.214 e. The van der Waals surface area contributed by atoms with Crippen LogP contribution in [0.5, 0.6) is 5.75 Å². The minimum atomic E-state index is 0.298. The molecule has 0 bridgehead atoms. The summed E-state index contributed by atoms with van der Waals surface area (Å²) in [4.78, 5) is 13.4. The van der Waals surface area contributed by atoms with Crippen molar-refractivity contribution >= 4 is 40.0 Å². The molecule has 2 aromatic heterocycles. The number of nitrogens with one attached hydrogen (secondary N) is 1. The average Bonchev–Trinajstić information content (AvgIpc) is 3.63. The van der Waals surface area contributed by atoms with Crippen molar-refractivity contribution in [3.05, 3.63) is 72.8 Å². The van der Waals surface area contributed by atoms with Crippen LogP contribution in [-0.2, 0) is 4.79 Å². The van der Waals surface area contributed by atoms with Crippen LogP contribution in [0.3, 0.4) is 0 Å². The van der Waals surface area contributed by atoms with E-state index in [1.54, 1.807) is 16.5 Å². The summed E-state index contributed by atoms with van der Waals surface area (Å²) < 4.78 is 7.04. The van der Waals surface area contributed by atoms with E-state index in [0.717, 1.165) is 52.7 Å². The summed E-state index contributed by atoms with van der Waals surface area (Å²) in [5.74, 6) is 2.09. The summed E-state index contributed by atoms with van der Waals surface area (Å²) in [6.07, 6.45) is 3.00. The molecular weight excluding hydrogens is 428 g/mol. The molecule has 1 aliphatic rings. The molecule has 5 aromatic rings. The standard InChI is InChI=1S/C26H22N6O2/c1-34-21-13-9-17(10-14-21)25-28-29-26-23-8-3-2-7-22(23)24(30-32(25)26)27-18-5-4-6-20(15-18)31(16-33)19-11-12-19/h2-10,13-16,19H,11-12H2,1H3,(H,27,30). The van der Waals surface area contributed by atoms with Gasteiger partial charge in [0.15, 0.2) is 17.3 Å². The van der Waals surface area contributed by atoms with Crippen LogP contribution in [0.1, 0.15) is 12.8 Å². The van der Waals surface area contributed by atoms with E-state index in [2.05, 4.69) is 15.5 Å². The smallest absolute Gasteiger partial charge is 0.214 e. The van der Waals surface area contributed by atoms with Crippen LogP contribution in [-0.4, -0.2) is 39.4 Å². The number of amides is 1. The van der Waals surface area contributed by atoms with Crippen LogP contribution < -0.4 is 15.0 Å². The van der Waals surface area contributed by atoms with E-state index in [1.807, 2.05) is 72.8 Å². The number of benzene rings is 3. The second-order valence-electron chi connectivity index (χ2n) is 8.30. The Morgan fingerprint density at radius 2 is 1.79 bits per heavy atom. The van der Waals surface area contributed by atoms with E-state index in [9.17, 15) is 4.79 Å². The first-order chi connectivity index (χ1) is 16.7. The zero-order chi connectivity index (χ0) is 23.1. The predicted octanol–water partition coefficient (Wildman–Crippen LogP) is 4.82. The van der Waals surface area contributed by atoms with Gasteiger partial charge in [0.2, 0.25) is 6.41 Å². The Morgan fingerprint density at radius 3 is 2.53 bits per heavy atom. The van der Waals surface area contributed by atoms with Crippen molar-refractivity contribution in [1.82, 2.24) is 19.8 Å². The molecule has 0 saturated heterocycles. The van der Waals surface area contributed by atoms with E-state index in [-0.39, 0.29) is 0 Å². The summed E-state index contributed by atoms with van der Waals surface area (Å²) in [5, 5.41) is 19.1. The summed E-state index contributed by atoms with van der Waals surface area (Å²) in [6.45, 7) is 0. The number of rotatable bonds is 7. The van der Waals surface area contributed by atoms with Crippen LogP contribution in [0.15, 0.2) is 72.8 Å². The third-order valence-corrected chi connectivity index (χ3v) is 6.07. The lowest BCUT2D eigenvalue weighted by Gasteiger charge is -2.18. The second-order valence-corrected chi connectivity index (χ2v) is 8.30. The zero-order valence-corrected chi connectivity index (χ0v) is 18.5. The molecule has 2 heterocycles. The highest BCUT2D eigenvalue weighted by molar-refractivity contribution is 6.01. The highest BCUT2D eigenvalue weighted by Crippen LogP contribution is 2.33. The molecule has 1 aliphatic carbocycles. The maximum atomic E-state index is 11.6. The fraction of sp³-hybridized carbons (Fsp3) is 0.154. The van der Waals surface area contributed by atoms with Crippen molar-refractivity contribution in [3.8, 4) is 17.1 Å². The van der Waals surface area contributed by atoms with E-state index in [4.69, 9.17) is 9.84 Å². The average molecular weight is 451 g/mol. The van der Waals surface area contributed by atoms with Crippen LogP contribution >= 0.6 is 0 Å². The van der Waals surface area contributed by atoms with Gasteiger partial charge in [0.1, 0.15) is 5.75 Å². The predicted molar refractivity (Wildman–Crippen MR) is 132 cm³/mol. The topological polar surface area (TPSA) is 84.7 Å². The molecule has 0 atom stereocenters. The minimum absolute atomic E-state index is 0.298. The third kappa shape index (κ3) is 3.49. The Balaban J connectivity index is 1.45. The number of aromatic nitrogens is 4. The SMILES string of the molecule is COc1ccc(-c2nnc3c4ccccc4c(Nc4cccc(N(C=O)C5CC5)c4)nn23)cc1. The molecule has 3 aromatic carbocycles. The number of hydrogen-bond donors (Lipinski definition) is 1. The van der Waals surface area contributed by atoms with Gasteiger partial charge in [-0.2, -0.15) is 4.52 Å². The van der Waals surface area contributed by atoms with Gasteiger partial charge in [-0.05, 0) is 55.3 Å². The lowest BCUT2D eigenvalue weighted by atomic mass is 10.1. The number of carbonyl (C=O) groups excluding carboxylic acids is 1. The van der Waals surface area contributed by atoms with Crippen molar-refractivity contribution in [3.63, 3.8) is 0 Å². The van der Waals surface area contributed by atoms with E-state index in [0.29, 0.717) is 23.3 Å². The molecule has 34 heavy (non-hydrogen) atoms. The number of ether oxygens (including phenoxy) is 1. The molecule has 0 radical (unpaired) electrons. The quantitative estimate of drug-likeness (QED) is 0.358. The number of hydrogen-bond acceptors (Lipinski definition) is 6. The van der Waals surface area contributed by atoms with Crippen molar-refractivity contribution in [2.45, 2.75) is 18.9 Å². The molecule has 6 rings (SSSR count). The highest BCUT2D eigenvalue weighted by atomic mass is 16.5. The maximum absolute atomic E-state index is 11.6. The van der Waals surface area contributed by atoms with Gasteiger partial charge in [0.05, 0.1) is 7.11 Å². The summed E-state index contributed by atoms with van der Waals surface area (Å²) in [5.41, 5.74) is 3.29. The van der Waals surface area contributed by atoms with Crippen LogP contribution in [0.4, 0.5) is 17.2 Å². The van der Waals surface area contributed by atoms with Crippen molar-refractivity contribution in [2.75, 3.05) is 17.3 Å². The number of fused-ring (bicyclic) bond motifs is 3. The largest absolute Gasteiger partial charge is 0.497 e. The molecule has 168 valence electrons. The normalized spacial score (nSPS) is 13.2. The van der Waals surface area contributed by atoms with Gasteiger partial charge < -0.3 is 15.0 Å². The summed E-state index contributed by atoms with van der Waals surface area (Å²) in [6, 6.07) is 23.8. The lowest BCUT2D eigenvalue weighted by molar-refractivity contribution is -0.107. The summed E-state index contributed by atoms with van der Waals surface area (Å²) >= 11 is 0. The number of methoxy groups -OCH3 is 1. The third-order valence-electron chi connectivity index (χ3n) is 6.07.